The second-order valence-corrected chi connectivity index (χ2v) is 7.00. The Hall–Kier alpha value is -0.570. The molecule has 2 saturated carbocycles. The number of hydrogen-bond acceptors (Lipinski definition) is 2. The van der Waals surface area contributed by atoms with Gasteiger partial charge in [-0.05, 0) is 69.4 Å². The van der Waals surface area contributed by atoms with Gasteiger partial charge in [-0.3, -0.25) is 4.79 Å². The van der Waals surface area contributed by atoms with Crippen LogP contribution in [-0.4, -0.2) is 25.0 Å². The SMILES string of the molecule is CCC1CCC(NC(=O)C2CC23CCNCC3)CC1. The summed E-state index contributed by atoms with van der Waals surface area (Å²) in [5.74, 6) is 1.60. The maximum absolute atomic E-state index is 12.4. The van der Waals surface area contributed by atoms with Gasteiger partial charge in [0.1, 0.15) is 0 Å². The van der Waals surface area contributed by atoms with E-state index in [2.05, 4.69) is 17.6 Å². The molecule has 1 unspecified atom stereocenters. The molecule has 3 nitrogen and oxygen atoms in total. The van der Waals surface area contributed by atoms with Gasteiger partial charge in [0.15, 0.2) is 0 Å². The Morgan fingerprint density at radius 2 is 1.89 bits per heavy atom. The zero-order valence-electron chi connectivity index (χ0n) is 12.2. The van der Waals surface area contributed by atoms with Crippen molar-refractivity contribution in [3.05, 3.63) is 0 Å². The lowest BCUT2D eigenvalue weighted by Gasteiger charge is -2.29. The molecule has 2 aliphatic carbocycles. The molecule has 0 aromatic rings. The Balaban J connectivity index is 1.45. The molecule has 0 radical (unpaired) electrons. The van der Waals surface area contributed by atoms with Crippen LogP contribution in [0.3, 0.4) is 0 Å². The predicted octanol–water partition coefficient (Wildman–Crippen LogP) is 2.46. The average molecular weight is 264 g/mol. The highest BCUT2D eigenvalue weighted by molar-refractivity contribution is 5.82. The largest absolute Gasteiger partial charge is 0.353 e. The van der Waals surface area contributed by atoms with Crippen LogP contribution >= 0.6 is 0 Å². The molecule has 19 heavy (non-hydrogen) atoms. The third-order valence-corrected chi connectivity index (χ3v) is 5.88. The Labute approximate surface area is 116 Å². The lowest BCUT2D eigenvalue weighted by atomic mass is 9.84. The third kappa shape index (κ3) is 2.81. The minimum Gasteiger partial charge on any atom is -0.353 e. The molecule has 3 aliphatic rings. The predicted molar refractivity (Wildman–Crippen MR) is 76.8 cm³/mol. The molecule has 3 fully saturated rings. The van der Waals surface area contributed by atoms with Crippen LogP contribution in [0.4, 0.5) is 0 Å². The van der Waals surface area contributed by atoms with E-state index in [-0.39, 0.29) is 0 Å². The molecular weight excluding hydrogens is 236 g/mol. The fraction of sp³-hybridized carbons (Fsp3) is 0.938. The van der Waals surface area contributed by atoms with E-state index in [0.717, 1.165) is 25.4 Å². The number of carbonyl (C=O) groups excluding carboxylic acids is 1. The fourth-order valence-corrected chi connectivity index (χ4v) is 4.21. The first-order valence-corrected chi connectivity index (χ1v) is 8.24. The van der Waals surface area contributed by atoms with Crippen LogP contribution in [-0.2, 0) is 4.79 Å². The van der Waals surface area contributed by atoms with E-state index in [1.807, 2.05) is 0 Å². The molecule has 1 aliphatic heterocycles. The van der Waals surface area contributed by atoms with E-state index >= 15 is 0 Å². The van der Waals surface area contributed by atoms with Gasteiger partial charge in [-0.15, -0.1) is 0 Å². The topological polar surface area (TPSA) is 41.1 Å². The summed E-state index contributed by atoms with van der Waals surface area (Å²) in [6.07, 6.45) is 9.87. The minimum absolute atomic E-state index is 0.332. The van der Waals surface area contributed by atoms with Crippen LogP contribution in [0, 0.1) is 17.3 Å². The van der Waals surface area contributed by atoms with Crippen molar-refractivity contribution in [2.24, 2.45) is 17.3 Å². The van der Waals surface area contributed by atoms with Gasteiger partial charge in [-0.25, -0.2) is 0 Å². The van der Waals surface area contributed by atoms with Crippen molar-refractivity contribution in [1.82, 2.24) is 10.6 Å². The van der Waals surface area contributed by atoms with Crippen molar-refractivity contribution in [2.75, 3.05) is 13.1 Å². The van der Waals surface area contributed by atoms with Crippen LogP contribution in [0.1, 0.15) is 58.3 Å². The van der Waals surface area contributed by atoms with Crippen LogP contribution in [0.25, 0.3) is 0 Å². The Morgan fingerprint density at radius 3 is 2.53 bits per heavy atom. The number of amides is 1. The van der Waals surface area contributed by atoms with Crippen molar-refractivity contribution < 1.29 is 4.79 Å². The molecule has 1 spiro atoms. The van der Waals surface area contributed by atoms with Crippen molar-refractivity contribution in [3.63, 3.8) is 0 Å². The lowest BCUT2D eigenvalue weighted by molar-refractivity contribution is -0.124. The summed E-state index contributed by atoms with van der Waals surface area (Å²) in [7, 11) is 0. The molecule has 3 rings (SSSR count). The number of carbonyl (C=O) groups is 1. The summed E-state index contributed by atoms with van der Waals surface area (Å²) in [6.45, 7) is 4.49. The maximum atomic E-state index is 12.4. The van der Waals surface area contributed by atoms with Crippen LogP contribution in [0.15, 0.2) is 0 Å². The number of nitrogens with one attached hydrogen (secondary N) is 2. The van der Waals surface area contributed by atoms with Gasteiger partial charge in [0.2, 0.25) is 5.91 Å². The molecule has 1 amide bonds. The highest BCUT2D eigenvalue weighted by Crippen LogP contribution is 2.58. The van der Waals surface area contributed by atoms with E-state index in [4.69, 9.17) is 0 Å². The maximum Gasteiger partial charge on any atom is 0.223 e. The summed E-state index contributed by atoms with van der Waals surface area (Å²) in [5, 5.41) is 6.74. The van der Waals surface area contributed by atoms with Gasteiger partial charge in [0.05, 0.1) is 0 Å². The second kappa shape index (κ2) is 5.43. The first-order chi connectivity index (χ1) is 9.23. The summed E-state index contributed by atoms with van der Waals surface area (Å²) >= 11 is 0. The standard InChI is InChI=1S/C16H28N2O/c1-2-12-3-5-13(6-4-12)18-15(19)14-11-16(14)7-9-17-10-8-16/h12-14,17H,2-11H2,1H3,(H,18,19). The zero-order chi connectivity index (χ0) is 13.3. The van der Waals surface area contributed by atoms with Crippen molar-refractivity contribution >= 4 is 5.91 Å². The average Bonchev–Trinajstić information content (AvgIpc) is 3.14. The molecule has 3 heteroatoms. The summed E-state index contributed by atoms with van der Waals surface area (Å²) in [6, 6.07) is 0.467. The molecule has 0 bridgehead atoms. The van der Waals surface area contributed by atoms with Gasteiger partial charge in [0.25, 0.3) is 0 Å². The van der Waals surface area contributed by atoms with E-state index in [1.165, 1.54) is 44.9 Å². The summed E-state index contributed by atoms with van der Waals surface area (Å²) < 4.78 is 0. The van der Waals surface area contributed by atoms with Gasteiger partial charge in [0, 0.05) is 12.0 Å². The lowest BCUT2D eigenvalue weighted by Crippen LogP contribution is -2.40. The quantitative estimate of drug-likeness (QED) is 0.822. The van der Waals surface area contributed by atoms with Crippen molar-refractivity contribution in [2.45, 2.75) is 64.3 Å². The number of piperidine rings is 1. The molecule has 0 aromatic carbocycles. The van der Waals surface area contributed by atoms with Crippen LogP contribution < -0.4 is 10.6 Å². The highest BCUT2D eigenvalue weighted by Gasteiger charge is 2.57. The highest BCUT2D eigenvalue weighted by atomic mass is 16.2. The van der Waals surface area contributed by atoms with E-state index in [1.54, 1.807) is 0 Å². The van der Waals surface area contributed by atoms with Gasteiger partial charge >= 0.3 is 0 Å². The first-order valence-electron chi connectivity index (χ1n) is 8.24. The second-order valence-electron chi connectivity index (χ2n) is 7.00. The normalized spacial score (nSPS) is 37.0. The monoisotopic (exact) mass is 264 g/mol. The molecule has 1 heterocycles. The summed E-state index contributed by atoms with van der Waals surface area (Å²) in [5.41, 5.74) is 0.385. The zero-order valence-corrected chi connectivity index (χ0v) is 12.2. The van der Waals surface area contributed by atoms with E-state index in [0.29, 0.717) is 23.3 Å². The molecule has 2 N–H and O–H groups in total. The Bertz CT molecular complexity index is 328. The van der Waals surface area contributed by atoms with E-state index < -0.39 is 0 Å². The van der Waals surface area contributed by atoms with Gasteiger partial charge < -0.3 is 10.6 Å². The smallest absolute Gasteiger partial charge is 0.223 e. The Kier molecular flexibility index (Phi) is 3.84. The van der Waals surface area contributed by atoms with Gasteiger partial charge in [-0.1, -0.05) is 13.3 Å². The fourth-order valence-electron chi connectivity index (χ4n) is 4.21. The molecule has 0 aromatic heterocycles. The van der Waals surface area contributed by atoms with Crippen LogP contribution in [0.2, 0.25) is 0 Å². The molecule has 1 atom stereocenters. The number of hydrogen-bond donors (Lipinski definition) is 2. The van der Waals surface area contributed by atoms with Crippen molar-refractivity contribution in [1.29, 1.82) is 0 Å². The molecular formula is C16H28N2O. The summed E-state index contributed by atoms with van der Waals surface area (Å²) in [4.78, 5) is 12.4. The molecule has 1 saturated heterocycles. The minimum atomic E-state index is 0.332. The van der Waals surface area contributed by atoms with Crippen LogP contribution in [0.5, 0.6) is 0 Å². The molecule has 108 valence electrons. The van der Waals surface area contributed by atoms with Crippen molar-refractivity contribution in [3.8, 4) is 0 Å². The Morgan fingerprint density at radius 1 is 1.21 bits per heavy atom. The number of rotatable bonds is 3. The first kappa shape index (κ1) is 13.4. The third-order valence-electron chi connectivity index (χ3n) is 5.88. The van der Waals surface area contributed by atoms with E-state index in [9.17, 15) is 4.79 Å². The van der Waals surface area contributed by atoms with Gasteiger partial charge in [-0.2, -0.15) is 0 Å².